The van der Waals surface area contributed by atoms with E-state index in [2.05, 4.69) is 0 Å². The van der Waals surface area contributed by atoms with Crippen LogP contribution in [-0.4, -0.2) is 54.6 Å². The minimum Gasteiger partial charge on any atom is -0.450 e. The van der Waals surface area contributed by atoms with Gasteiger partial charge in [-0.2, -0.15) is 0 Å². The van der Waals surface area contributed by atoms with E-state index in [1.54, 1.807) is 16.7 Å². The van der Waals surface area contributed by atoms with Gasteiger partial charge >= 0.3 is 6.09 Å². The van der Waals surface area contributed by atoms with Crippen LogP contribution in [0.4, 0.5) is 4.79 Å². The maximum absolute atomic E-state index is 12.4. The average molecular weight is 276 g/mol. The van der Waals surface area contributed by atoms with Crippen molar-refractivity contribution in [1.82, 2.24) is 9.80 Å². The van der Waals surface area contributed by atoms with Crippen LogP contribution in [0.3, 0.4) is 0 Å². The molecule has 1 saturated heterocycles. The molecule has 5 nitrogen and oxygen atoms in total. The largest absolute Gasteiger partial charge is 0.450 e. The second-order valence-electron chi connectivity index (χ2n) is 4.79. The van der Waals surface area contributed by atoms with Crippen molar-refractivity contribution in [3.8, 4) is 0 Å². The van der Waals surface area contributed by atoms with Gasteiger partial charge in [-0.15, -0.1) is 0 Å². The fourth-order valence-corrected chi connectivity index (χ4v) is 2.29. The number of hydrogen-bond donors (Lipinski definition) is 0. The second kappa shape index (κ2) is 6.41. The summed E-state index contributed by atoms with van der Waals surface area (Å²) in [7, 11) is 0. The van der Waals surface area contributed by atoms with Crippen molar-refractivity contribution in [2.75, 3.05) is 32.8 Å². The molecule has 0 bridgehead atoms. The third-order valence-corrected chi connectivity index (χ3v) is 3.47. The van der Waals surface area contributed by atoms with Crippen LogP contribution >= 0.6 is 0 Å². The molecule has 0 aliphatic carbocycles. The Hall–Kier alpha value is -2.04. The first kappa shape index (κ1) is 14.4. The standard InChI is InChI=1S/C15H20N2O3/c1-3-20-15(19)17-10-8-16(9-11-17)14(18)13-7-5-4-6-12(13)2/h4-7H,3,8-11H2,1-2H3. The van der Waals surface area contributed by atoms with Gasteiger partial charge in [0.15, 0.2) is 0 Å². The average Bonchev–Trinajstić information content (AvgIpc) is 2.47. The summed E-state index contributed by atoms with van der Waals surface area (Å²) >= 11 is 0. The Bertz CT molecular complexity index is 494. The van der Waals surface area contributed by atoms with Crippen molar-refractivity contribution in [2.24, 2.45) is 0 Å². The minimum atomic E-state index is -0.296. The lowest BCUT2D eigenvalue weighted by Crippen LogP contribution is -2.50. The molecular formula is C15H20N2O3. The van der Waals surface area contributed by atoms with Crippen molar-refractivity contribution in [2.45, 2.75) is 13.8 Å². The topological polar surface area (TPSA) is 49.9 Å². The van der Waals surface area contributed by atoms with Gasteiger partial charge in [-0.25, -0.2) is 4.79 Å². The number of benzene rings is 1. The lowest BCUT2D eigenvalue weighted by atomic mass is 10.1. The summed E-state index contributed by atoms with van der Waals surface area (Å²) in [6, 6.07) is 7.57. The van der Waals surface area contributed by atoms with Gasteiger partial charge in [0.1, 0.15) is 0 Å². The van der Waals surface area contributed by atoms with Crippen LogP contribution in [0.25, 0.3) is 0 Å². The summed E-state index contributed by atoms with van der Waals surface area (Å²) in [4.78, 5) is 27.4. The van der Waals surface area contributed by atoms with E-state index in [0.717, 1.165) is 11.1 Å². The molecule has 1 aromatic rings. The Kier molecular flexibility index (Phi) is 4.61. The molecule has 0 spiro atoms. The van der Waals surface area contributed by atoms with Gasteiger partial charge in [0.25, 0.3) is 5.91 Å². The number of rotatable bonds is 2. The molecule has 0 atom stereocenters. The van der Waals surface area contributed by atoms with Gasteiger partial charge in [0.2, 0.25) is 0 Å². The molecule has 0 radical (unpaired) electrons. The maximum Gasteiger partial charge on any atom is 0.409 e. The summed E-state index contributed by atoms with van der Waals surface area (Å²) in [5, 5.41) is 0. The van der Waals surface area contributed by atoms with E-state index in [-0.39, 0.29) is 12.0 Å². The molecule has 5 heteroatoms. The summed E-state index contributed by atoms with van der Waals surface area (Å²) in [6.07, 6.45) is -0.296. The Morgan fingerprint density at radius 3 is 2.30 bits per heavy atom. The van der Waals surface area contributed by atoms with Gasteiger partial charge in [-0.3, -0.25) is 4.79 Å². The molecule has 20 heavy (non-hydrogen) atoms. The summed E-state index contributed by atoms with van der Waals surface area (Å²) in [5.74, 6) is 0.0339. The van der Waals surface area contributed by atoms with E-state index in [9.17, 15) is 9.59 Å². The third-order valence-electron chi connectivity index (χ3n) is 3.47. The lowest BCUT2D eigenvalue weighted by molar-refractivity contribution is 0.0570. The van der Waals surface area contributed by atoms with E-state index in [1.165, 1.54) is 0 Å². The van der Waals surface area contributed by atoms with Crippen LogP contribution in [0.1, 0.15) is 22.8 Å². The number of piperazine rings is 1. The maximum atomic E-state index is 12.4. The highest BCUT2D eigenvalue weighted by Crippen LogP contribution is 2.13. The SMILES string of the molecule is CCOC(=O)N1CCN(C(=O)c2ccccc2C)CC1. The molecule has 0 aromatic heterocycles. The number of amides is 2. The van der Waals surface area contributed by atoms with Crippen LogP contribution in [-0.2, 0) is 4.74 Å². The van der Waals surface area contributed by atoms with Gasteiger partial charge < -0.3 is 14.5 Å². The first-order valence-corrected chi connectivity index (χ1v) is 6.90. The fraction of sp³-hybridized carbons (Fsp3) is 0.467. The van der Waals surface area contributed by atoms with Gasteiger partial charge in [-0.05, 0) is 25.5 Å². The third kappa shape index (κ3) is 3.10. The predicted octanol–water partition coefficient (Wildman–Crippen LogP) is 1.91. The van der Waals surface area contributed by atoms with Crippen LogP contribution in [0.15, 0.2) is 24.3 Å². The Morgan fingerprint density at radius 2 is 1.70 bits per heavy atom. The Balaban J connectivity index is 1.96. The number of aryl methyl sites for hydroxylation is 1. The highest BCUT2D eigenvalue weighted by Gasteiger charge is 2.25. The van der Waals surface area contributed by atoms with Gasteiger partial charge in [-0.1, -0.05) is 18.2 Å². The zero-order chi connectivity index (χ0) is 14.5. The highest BCUT2D eigenvalue weighted by molar-refractivity contribution is 5.95. The quantitative estimate of drug-likeness (QED) is 0.829. The molecule has 1 heterocycles. The van der Waals surface area contributed by atoms with Crippen molar-refractivity contribution >= 4 is 12.0 Å². The van der Waals surface area contributed by atoms with Crippen molar-refractivity contribution in [3.05, 3.63) is 35.4 Å². The highest BCUT2D eigenvalue weighted by atomic mass is 16.6. The van der Waals surface area contributed by atoms with Gasteiger partial charge in [0, 0.05) is 31.7 Å². The summed E-state index contributed by atoms with van der Waals surface area (Å²) in [5.41, 5.74) is 1.71. The predicted molar refractivity (Wildman–Crippen MR) is 75.7 cm³/mol. The molecule has 2 amide bonds. The van der Waals surface area contributed by atoms with Crippen molar-refractivity contribution in [3.63, 3.8) is 0 Å². The van der Waals surface area contributed by atoms with Crippen LogP contribution < -0.4 is 0 Å². The van der Waals surface area contributed by atoms with Crippen LogP contribution in [0, 0.1) is 6.92 Å². The van der Waals surface area contributed by atoms with Crippen molar-refractivity contribution in [1.29, 1.82) is 0 Å². The first-order valence-electron chi connectivity index (χ1n) is 6.90. The molecule has 108 valence electrons. The normalized spacial score (nSPS) is 15.1. The van der Waals surface area contributed by atoms with E-state index in [4.69, 9.17) is 4.74 Å². The molecule has 0 saturated carbocycles. The number of hydrogen-bond acceptors (Lipinski definition) is 3. The second-order valence-corrected chi connectivity index (χ2v) is 4.79. The Labute approximate surface area is 119 Å². The number of carbonyl (C=O) groups is 2. The molecule has 1 fully saturated rings. The Morgan fingerprint density at radius 1 is 1.10 bits per heavy atom. The number of nitrogens with zero attached hydrogens (tertiary/aromatic N) is 2. The van der Waals surface area contributed by atoms with Crippen molar-refractivity contribution < 1.29 is 14.3 Å². The summed E-state index contributed by atoms with van der Waals surface area (Å²) < 4.78 is 4.96. The molecule has 1 aliphatic heterocycles. The van der Waals surface area contributed by atoms with Crippen LogP contribution in [0.5, 0.6) is 0 Å². The minimum absolute atomic E-state index is 0.0339. The molecule has 0 unspecified atom stereocenters. The molecule has 0 N–H and O–H groups in total. The molecule has 2 rings (SSSR count). The monoisotopic (exact) mass is 276 g/mol. The summed E-state index contributed by atoms with van der Waals surface area (Å²) in [6.45, 7) is 6.24. The smallest absolute Gasteiger partial charge is 0.409 e. The molecule has 1 aromatic carbocycles. The van der Waals surface area contributed by atoms with E-state index in [1.807, 2.05) is 31.2 Å². The molecule has 1 aliphatic rings. The zero-order valence-electron chi connectivity index (χ0n) is 12.0. The van der Waals surface area contributed by atoms with E-state index < -0.39 is 0 Å². The number of ether oxygens (including phenoxy) is 1. The lowest BCUT2D eigenvalue weighted by Gasteiger charge is -2.34. The zero-order valence-corrected chi connectivity index (χ0v) is 12.0. The van der Waals surface area contributed by atoms with E-state index in [0.29, 0.717) is 32.8 Å². The van der Waals surface area contributed by atoms with Gasteiger partial charge in [0.05, 0.1) is 6.61 Å². The van der Waals surface area contributed by atoms with E-state index >= 15 is 0 Å². The fourth-order valence-electron chi connectivity index (χ4n) is 2.29. The molecular weight excluding hydrogens is 256 g/mol. The first-order chi connectivity index (χ1) is 9.63. The van der Waals surface area contributed by atoms with Crippen LogP contribution in [0.2, 0.25) is 0 Å². The number of carbonyl (C=O) groups excluding carboxylic acids is 2.